The van der Waals surface area contributed by atoms with Crippen LogP contribution in [-0.4, -0.2) is 11.9 Å². The third-order valence-electron chi connectivity index (χ3n) is 5.60. The highest BCUT2D eigenvalue weighted by Crippen LogP contribution is 2.37. The second-order valence-electron chi connectivity index (χ2n) is 7.78. The van der Waals surface area contributed by atoms with Crippen LogP contribution < -0.4 is 15.5 Å². The highest BCUT2D eigenvalue weighted by atomic mass is 19.4. The molecule has 1 aliphatic rings. The quantitative estimate of drug-likeness (QED) is 0.502. The van der Waals surface area contributed by atoms with Crippen molar-refractivity contribution < 1.29 is 22.8 Å². The maximum Gasteiger partial charge on any atom is 0.418 e. The fourth-order valence-electron chi connectivity index (χ4n) is 3.95. The summed E-state index contributed by atoms with van der Waals surface area (Å²) < 4.78 is 40.5. The van der Waals surface area contributed by atoms with Crippen LogP contribution in [0, 0.1) is 11.3 Å². The molecule has 0 bridgehead atoms. The highest BCUT2D eigenvalue weighted by Gasteiger charge is 2.38. The molecular formula is C26H19F3N4O2. The van der Waals surface area contributed by atoms with Gasteiger partial charge >= 0.3 is 12.2 Å². The Balaban J connectivity index is 1.82. The van der Waals surface area contributed by atoms with Gasteiger partial charge in [0.05, 0.1) is 40.2 Å². The van der Waals surface area contributed by atoms with Crippen LogP contribution in [0.3, 0.4) is 0 Å². The Bertz CT molecular complexity index is 1340. The average Bonchev–Trinajstić information content (AvgIpc) is 2.84. The van der Waals surface area contributed by atoms with Crippen molar-refractivity contribution in [3.63, 3.8) is 0 Å². The Labute approximate surface area is 199 Å². The number of hydrogen-bond donors (Lipinski definition) is 2. The van der Waals surface area contributed by atoms with Crippen LogP contribution in [0.4, 0.5) is 29.3 Å². The van der Waals surface area contributed by atoms with E-state index in [0.29, 0.717) is 16.8 Å². The van der Waals surface area contributed by atoms with E-state index in [2.05, 4.69) is 10.6 Å². The van der Waals surface area contributed by atoms with Gasteiger partial charge in [0.15, 0.2) is 0 Å². The van der Waals surface area contributed by atoms with Crippen LogP contribution in [-0.2, 0) is 11.0 Å². The van der Waals surface area contributed by atoms with Crippen molar-refractivity contribution in [1.29, 1.82) is 5.26 Å². The lowest BCUT2D eigenvalue weighted by atomic mass is 9.93. The smallest absolute Gasteiger partial charge is 0.326 e. The van der Waals surface area contributed by atoms with Gasteiger partial charge in [0.2, 0.25) is 0 Å². The minimum Gasteiger partial charge on any atom is -0.326 e. The van der Waals surface area contributed by atoms with E-state index >= 15 is 0 Å². The number of para-hydroxylation sites is 2. The number of rotatable bonds is 4. The van der Waals surface area contributed by atoms with Crippen molar-refractivity contribution in [3.8, 4) is 6.07 Å². The van der Waals surface area contributed by atoms with E-state index in [1.165, 1.54) is 35.2 Å². The van der Waals surface area contributed by atoms with Crippen molar-refractivity contribution in [2.75, 3.05) is 10.2 Å². The molecule has 4 rings (SSSR count). The second kappa shape index (κ2) is 9.35. The number of alkyl halides is 3. The number of amides is 3. The fourth-order valence-corrected chi connectivity index (χ4v) is 3.95. The summed E-state index contributed by atoms with van der Waals surface area (Å²) in [5.41, 5.74) is 0.313. The van der Waals surface area contributed by atoms with E-state index in [-0.39, 0.29) is 11.3 Å². The normalized spacial score (nSPS) is 15.9. The van der Waals surface area contributed by atoms with Gasteiger partial charge in [0, 0.05) is 5.70 Å². The highest BCUT2D eigenvalue weighted by molar-refractivity contribution is 6.10. The van der Waals surface area contributed by atoms with E-state index in [4.69, 9.17) is 5.26 Å². The van der Waals surface area contributed by atoms with E-state index < -0.39 is 35.4 Å². The lowest BCUT2D eigenvalue weighted by Crippen LogP contribution is -2.48. The Morgan fingerprint density at radius 1 is 1.00 bits per heavy atom. The predicted octanol–water partition coefficient (Wildman–Crippen LogP) is 5.76. The van der Waals surface area contributed by atoms with E-state index in [1.54, 1.807) is 49.4 Å². The number of carbonyl (C=O) groups is 2. The van der Waals surface area contributed by atoms with Crippen LogP contribution in [0.5, 0.6) is 0 Å². The number of nitrogens with zero attached hydrogens (tertiary/aromatic N) is 2. The molecule has 0 fully saturated rings. The summed E-state index contributed by atoms with van der Waals surface area (Å²) in [6.45, 7) is 1.56. The molecule has 35 heavy (non-hydrogen) atoms. The largest absolute Gasteiger partial charge is 0.418 e. The Morgan fingerprint density at radius 2 is 1.63 bits per heavy atom. The van der Waals surface area contributed by atoms with Gasteiger partial charge in [-0.1, -0.05) is 42.5 Å². The number of anilines is 2. The van der Waals surface area contributed by atoms with Crippen LogP contribution in [0.15, 0.2) is 90.1 Å². The molecule has 0 aromatic heterocycles. The van der Waals surface area contributed by atoms with Gasteiger partial charge in [0.1, 0.15) is 0 Å². The molecule has 3 amide bonds. The molecule has 0 unspecified atom stereocenters. The molecule has 0 saturated heterocycles. The molecule has 6 nitrogen and oxygen atoms in total. The molecule has 0 aliphatic carbocycles. The summed E-state index contributed by atoms with van der Waals surface area (Å²) >= 11 is 0. The molecule has 9 heteroatoms. The number of urea groups is 1. The maximum absolute atomic E-state index is 13.5. The molecule has 0 saturated carbocycles. The van der Waals surface area contributed by atoms with Gasteiger partial charge in [-0.05, 0) is 48.9 Å². The van der Waals surface area contributed by atoms with Crippen molar-refractivity contribution in [1.82, 2.24) is 5.32 Å². The number of nitrogens with one attached hydrogen (secondary N) is 2. The molecule has 2 N–H and O–H groups in total. The van der Waals surface area contributed by atoms with Crippen LogP contribution in [0.2, 0.25) is 0 Å². The van der Waals surface area contributed by atoms with E-state index in [9.17, 15) is 22.8 Å². The van der Waals surface area contributed by atoms with Gasteiger partial charge < -0.3 is 10.6 Å². The third-order valence-corrected chi connectivity index (χ3v) is 5.60. The molecule has 1 aliphatic heterocycles. The van der Waals surface area contributed by atoms with Crippen LogP contribution >= 0.6 is 0 Å². The molecule has 3 aromatic rings. The molecular weight excluding hydrogens is 457 g/mol. The van der Waals surface area contributed by atoms with Crippen molar-refractivity contribution in [2.24, 2.45) is 0 Å². The second-order valence-corrected chi connectivity index (χ2v) is 7.78. The van der Waals surface area contributed by atoms with Crippen molar-refractivity contribution in [2.45, 2.75) is 19.1 Å². The number of hydrogen-bond acceptors (Lipinski definition) is 3. The molecule has 1 heterocycles. The lowest BCUT2D eigenvalue weighted by Gasteiger charge is -2.36. The number of carbonyl (C=O) groups excluding carboxylic acids is 2. The zero-order chi connectivity index (χ0) is 25.2. The average molecular weight is 476 g/mol. The summed E-state index contributed by atoms with van der Waals surface area (Å²) in [6, 6.07) is 20.1. The summed E-state index contributed by atoms with van der Waals surface area (Å²) in [7, 11) is 0. The SMILES string of the molecule is CC1=C(C(=O)Nc2ccccc2C(F)(F)F)[C@H](c2ccc(C#N)cc2)NC(=O)N1c1ccccc1. The Hall–Kier alpha value is -4.58. The summed E-state index contributed by atoms with van der Waals surface area (Å²) in [6.07, 6.45) is -4.67. The lowest BCUT2D eigenvalue weighted by molar-refractivity contribution is -0.137. The first-order valence-electron chi connectivity index (χ1n) is 10.5. The van der Waals surface area contributed by atoms with Gasteiger partial charge in [-0.2, -0.15) is 18.4 Å². The van der Waals surface area contributed by atoms with Gasteiger partial charge in [-0.25, -0.2) is 4.79 Å². The van der Waals surface area contributed by atoms with Crippen LogP contribution in [0.25, 0.3) is 0 Å². The first kappa shape index (κ1) is 23.6. The van der Waals surface area contributed by atoms with Gasteiger partial charge in [-0.3, -0.25) is 9.69 Å². The Morgan fingerprint density at radius 3 is 2.26 bits per heavy atom. The minimum absolute atomic E-state index is 0.0649. The topological polar surface area (TPSA) is 85.2 Å². The van der Waals surface area contributed by atoms with Crippen molar-refractivity contribution in [3.05, 3.63) is 107 Å². The van der Waals surface area contributed by atoms with E-state index in [1.807, 2.05) is 6.07 Å². The molecule has 176 valence electrons. The van der Waals surface area contributed by atoms with Crippen LogP contribution in [0.1, 0.15) is 29.7 Å². The summed E-state index contributed by atoms with van der Waals surface area (Å²) in [5, 5.41) is 14.2. The standard InChI is InChI=1S/C26H19F3N4O2/c1-16-22(24(34)31-21-10-6-5-9-20(21)26(27,28)29)23(18-13-11-17(15-30)12-14-18)32-25(35)33(16)19-7-3-2-4-8-19/h2-14,23H,1H3,(H,31,34)(H,32,35)/t23-/m0/s1. The fraction of sp³-hybridized carbons (Fsp3) is 0.115. The number of halogens is 3. The monoisotopic (exact) mass is 476 g/mol. The number of nitriles is 1. The molecule has 0 spiro atoms. The maximum atomic E-state index is 13.5. The number of benzene rings is 3. The molecule has 1 atom stereocenters. The predicted molar refractivity (Wildman–Crippen MR) is 124 cm³/mol. The van der Waals surface area contributed by atoms with Crippen molar-refractivity contribution >= 4 is 23.3 Å². The first-order chi connectivity index (χ1) is 16.7. The first-order valence-corrected chi connectivity index (χ1v) is 10.5. The minimum atomic E-state index is -4.67. The Kier molecular flexibility index (Phi) is 6.30. The third kappa shape index (κ3) is 4.73. The van der Waals surface area contributed by atoms with Gasteiger partial charge in [-0.15, -0.1) is 0 Å². The van der Waals surface area contributed by atoms with E-state index in [0.717, 1.165) is 6.07 Å². The number of allylic oxidation sites excluding steroid dienone is 1. The summed E-state index contributed by atoms with van der Waals surface area (Å²) in [5.74, 6) is -0.797. The summed E-state index contributed by atoms with van der Waals surface area (Å²) in [4.78, 5) is 27.8. The zero-order valence-electron chi connectivity index (χ0n) is 18.4. The van der Waals surface area contributed by atoms with Gasteiger partial charge in [0.25, 0.3) is 5.91 Å². The zero-order valence-corrected chi connectivity index (χ0v) is 18.4. The molecule has 3 aromatic carbocycles. The molecule has 0 radical (unpaired) electrons.